The molecule has 1 fully saturated rings. The molecule has 0 saturated carbocycles. The molecule has 1 aliphatic heterocycles. The Morgan fingerprint density at radius 2 is 2.27 bits per heavy atom. The standard InChI is InChI=1S/C10H18N4O/c1-13-8-12-7-10(13)9(6-11)14-2-4-15-5-3-14/h7-9H,2-6,11H2,1H3. The van der Waals surface area contributed by atoms with Crippen molar-refractivity contribution in [3.8, 4) is 0 Å². The number of aryl methyl sites for hydroxylation is 1. The summed E-state index contributed by atoms with van der Waals surface area (Å²) in [6, 6.07) is 0.265. The third kappa shape index (κ3) is 2.19. The summed E-state index contributed by atoms with van der Waals surface area (Å²) in [7, 11) is 2.01. The Labute approximate surface area is 89.8 Å². The van der Waals surface area contributed by atoms with Crippen molar-refractivity contribution in [3.63, 3.8) is 0 Å². The lowest BCUT2D eigenvalue weighted by Gasteiger charge is -2.33. The number of nitrogens with two attached hydrogens (primary N) is 1. The van der Waals surface area contributed by atoms with Crippen molar-refractivity contribution in [2.45, 2.75) is 6.04 Å². The molecular formula is C10H18N4O. The zero-order valence-corrected chi connectivity index (χ0v) is 9.09. The number of ether oxygens (including phenoxy) is 1. The molecule has 15 heavy (non-hydrogen) atoms. The third-order valence-corrected chi connectivity index (χ3v) is 2.91. The van der Waals surface area contributed by atoms with Gasteiger partial charge in [0.1, 0.15) is 0 Å². The van der Waals surface area contributed by atoms with Crippen molar-refractivity contribution in [3.05, 3.63) is 18.2 Å². The van der Waals surface area contributed by atoms with Gasteiger partial charge in [-0.3, -0.25) is 4.90 Å². The van der Waals surface area contributed by atoms with Crippen LogP contribution in [-0.2, 0) is 11.8 Å². The highest BCUT2D eigenvalue weighted by Crippen LogP contribution is 2.19. The van der Waals surface area contributed by atoms with E-state index in [1.54, 1.807) is 0 Å². The second-order valence-electron chi connectivity index (χ2n) is 3.83. The zero-order valence-electron chi connectivity index (χ0n) is 9.09. The van der Waals surface area contributed by atoms with Gasteiger partial charge in [-0.25, -0.2) is 4.98 Å². The van der Waals surface area contributed by atoms with E-state index >= 15 is 0 Å². The van der Waals surface area contributed by atoms with Crippen LogP contribution in [0.4, 0.5) is 0 Å². The van der Waals surface area contributed by atoms with Crippen LogP contribution >= 0.6 is 0 Å². The van der Waals surface area contributed by atoms with Gasteiger partial charge in [0.2, 0.25) is 0 Å². The predicted octanol–water partition coefficient (Wildman–Crippen LogP) is -0.248. The number of aromatic nitrogens is 2. The van der Waals surface area contributed by atoms with Crippen LogP contribution in [0.5, 0.6) is 0 Å². The highest BCUT2D eigenvalue weighted by molar-refractivity contribution is 5.06. The number of rotatable bonds is 3. The van der Waals surface area contributed by atoms with Crippen molar-refractivity contribution in [1.82, 2.24) is 14.5 Å². The topological polar surface area (TPSA) is 56.3 Å². The van der Waals surface area contributed by atoms with Gasteiger partial charge >= 0.3 is 0 Å². The second kappa shape index (κ2) is 4.74. The van der Waals surface area contributed by atoms with Crippen molar-refractivity contribution in [2.75, 3.05) is 32.8 Å². The minimum absolute atomic E-state index is 0.265. The van der Waals surface area contributed by atoms with Gasteiger partial charge in [0.05, 0.1) is 31.3 Å². The van der Waals surface area contributed by atoms with E-state index in [0.717, 1.165) is 26.3 Å². The Morgan fingerprint density at radius 3 is 2.80 bits per heavy atom. The van der Waals surface area contributed by atoms with Gasteiger partial charge in [-0.15, -0.1) is 0 Å². The van der Waals surface area contributed by atoms with E-state index in [1.165, 1.54) is 5.69 Å². The van der Waals surface area contributed by atoms with Gasteiger partial charge in [-0.1, -0.05) is 0 Å². The maximum absolute atomic E-state index is 5.84. The van der Waals surface area contributed by atoms with E-state index in [-0.39, 0.29) is 6.04 Å². The molecule has 0 aromatic carbocycles. The van der Waals surface area contributed by atoms with Gasteiger partial charge in [-0.2, -0.15) is 0 Å². The van der Waals surface area contributed by atoms with E-state index in [0.29, 0.717) is 6.54 Å². The fourth-order valence-electron chi connectivity index (χ4n) is 2.03. The van der Waals surface area contributed by atoms with Gasteiger partial charge < -0.3 is 15.0 Å². The molecule has 1 aromatic rings. The third-order valence-electron chi connectivity index (χ3n) is 2.91. The van der Waals surface area contributed by atoms with Crippen LogP contribution in [-0.4, -0.2) is 47.3 Å². The Bertz CT molecular complexity index is 306. The van der Waals surface area contributed by atoms with Crippen LogP contribution in [0.15, 0.2) is 12.5 Å². The minimum Gasteiger partial charge on any atom is -0.379 e. The molecular weight excluding hydrogens is 192 g/mol. The van der Waals surface area contributed by atoms with Crippen molar-refractivity contribution in [1.29, 1.82) is 0 Å². The number of hydrogen-bond donors (Lipinski definition) is 1. The van der Waals surface area contributed by atoms with Gasteiger partial charge in [0, 0.05) is 32.9 Å². The highest BCUT2D eigenvalue weighted by atomic mass is 16.5. The Hall–Kier alpha value is -0.910. The van der Waals surface area contributed by atoms with Crippen molar-refractivity contribution < 1.29 is 4.74 Å². The summed E-state index contributed by atoms with van der Waals surface area (Å²) in [5.74, 6) is 0. The molecule has 1 atom stereocenters. The van der Waals surface area contributed by atoms with Crippen LogP contribution in [0.2, 0.25) is 0 Å². The molecule has 5 heteroatoms. The molecule has 1 saturated heterocycles. The number of hydrogen-bond acceptors (Lipinski definition) is 4. The number of morpholine rings is 1. The first-order chi connectivity index (χ1) is 7.33. The summed E-state index contributed by atoms with van der Waals surface area (Å²) in [5.41, 5.74) is 7.02. The number of imidazole rings is 1. The molecule has 5 nitrogen and oxygen atoms in total. The van der Waals surface area contributed by atoms with Crippen molar-refractivity contribution >= 4 is 0 Å². The lowest BCUT2D eigenvalue weighted by Crippen LogP contribution is -2.42. The van der Waals surface area contributed by atoms with Gasteiger partial charge in [-0.05, 0) is 0 Å². The van der Waals surface area contributed by atoms with E-state index in [1.807, 2.05) is 24.1 Å². The first kappa shape index (κ1) is 10.6. The first-order valence-corrected chi connectivity index (χ1v) is 5.31. The first-order valence-electron chi connectivity index (χ1n) is 5.31. The van der Waals surface area contributed by atoms with Crippen LogP contribution in [0.1, 0.15) is 11.7 Å². The largest absolute Gasteiger partial charge is 0.379 e. The molecule has 0 amide bonds. The maximum Gasteiger partial charge on any atom is 0.0946 e. The smallest absolute Gasteiger partial charge is 0.0946 e. The van der Waals surface area contributed by atoms with Crippen LogP contribution in [0, 0.1) is 0 Å². The fraction of sp³-hybridized carbons (Fsp3) is 0.700. The van der Waals surface area contributed by atoms with Crippen LogP contribution < -0.4 is 5.73 Å². The average molecular weight is 210 g/mol. The predicted molar refractivity (Wildman–Crippen MR) is 57.4 cm³/mol. The van der Waals surface area contributed by atoms with E-state index < -0.39 is 0 Å². The summed E-state index contributed by atoms with van der Waals surface area (Å²) >= 11 is 0. The van der Waals surface area contributed by atoms with Gasteiger partial charge in [0.25, 0.3) is 0 Å². The van der Waals surface area contributed by atoms with Crippen molar-refractivity contribution in [2.24, 2.45) is 12.8 Å². The molecule has 2 rings (SSSR count). The number of nitrogens with zero attached hydrogens (tertiary/aromatic N) is 3. The van der Waals surface area contributed by atoms with E-state index in [2.05, 4.69) is 9.88 Å². The lowest BCUT2D eigenvalue weighted by atomic mass is 10.1. The summed E-state index contributed by atoms with van der Waals surface area (Å²) in [6.45, 7) is 4.13. The molecule has 1 aromatic heterocycles. The molecule has 84 valence electrons. The summed E-state index contributed by atoms with van der Waals surface area (Å²) < 4.78 is 7.37. The van der Waals surface area contributed by atoms with Crippen LogP contribution in [0.3, 0.4) is 0 Å². The zero-order chi connectivity index (χ0) is 10.7. The Balaban J connectivity index is 2.12. The monoisotopic (exact) mass is 210 g/mol. The minimum atomic E-state index is 0.265. The molecule has 2 heterocycles. The molecule has 1 unspecified atom stereocenters. The molecule has 0 aliphatic carbocycles. The highest BCUT2D eigenvalue weighted by Gasteiger charge is 2.23. The quantitative estimate of drug-likeness (QED) is 0.747. The molecule has 1 aliphatic rings. The normalized spacial score (nSPS) is 20.4. The van der Waals surface area contributed by atoms with E-state index in [4.69, 9.17) is 10.5 Å². The average Bonchev–Trinajstić information content (AvgIpc) is 2.68. The van der Waals surface area contributed by atoms with E-state index in [9.17, 15) is 0 Å². The Kier molecular flexibility index (Phi) is 3.35. The molecule has 0 spiro atoms. The Morgan fingerprint density at radius 1 is 1.53 bits per heavy atom. The summed E-state index contributed by atoms with van der Waals surface area (Å²) in [4.78, 5) is 6.50. The fourth-order valence-corrected chi connectivity index (χ4v) is 2.03. The maximum atomic E-state index is 5.84. The lowest BCUT2D eigenvalue weighted by molar-refractivity contribution is 0.0165. The molecule has 0 radical (unpaired) electrons. The van der Waals surface area contributed by atoms with Gasteiger partial charge in [0.15, 0.2) is 0 Å². The second-order valence-corrected chi connectivity index (χ2v) is 3.83. The SMILES string of the molecule is Cn1cncc1C(CN)N1CCOCC1. The molecule has 2 N–H and O–H groups in total. The summed E-state index contributed by atoms with van der Waals surface area (Å²) in [6.07, 6.45) is 3.71. The summed E-state index contributed by atoms with van der Waals surface area (Å²) in [5, 5.41) is 0. The van der Waals surface area contributed by atoms with Crippen LogP contribution in [0.25, 0.3) is 0 Å². The molecule has 0 bridgehead atoms.